The number of thioether (sulfide) groups is 1. The minimum absolute atomic E-state index is 0.217. The van der Waals surface area contributed by atoms with Crippen molar-refractivity contribution in [3.05, 3.63) is 0 Å². The fourth-order valence-electron chi connectivity index (χ4n) is 3.23. The lowest BCUT2D eigenvalue weighted by atomic mass is 9.86. The van der Waals surface area contributed by atoms with Crippen molar-refractivity contribution in [1.82, 2.24) is 0 Å². The number of hydrogen-bond donors (Lipinski definition) is 2. The van der Waals surface area contributed by atoms with Crippen LogP contribution in [-0.4, -0.2) is 33.4 Å². The van der Waals surface area contributed by atoms with Gasteiger partial charge in [0.05, 0.1) is 12.2 Å². The van der Waals surface area contributed by atoms with Crippen LogP contribution < -0.4 is 0 Å². The fraction of sp³-hybridized carbons (Fsp3) is 1.00. The molecular weight excluding hydrogens is 208 g/mol. The molecule has 2 aliphatic carbocycles. The van der Waals surface area contributed by atoms with E-state index in [4.69, 9.17) is 5.11 Å². The highest BCUT2D eigenvalue weighted by molar-refractivity contribution is 8.00. The van der Waals surface area contributed by atoms with Crippen molar-refractivity contribution in [3.8, 4) is 0 Å². The van der Waals surface area contributed by atoms with E-state index in [1.165, 1.54) is 0 Å². The Morgan fingerprint density at radius 3 is 2.53 bits per heavy atom. The zero-order valence-electron chi connectivity index (χ0n) is 9.86. The van der Waals surface area contributed by atoms with Crippen LogP contribution in [0.15, 0.2) is 0 Å². The van der Waals surface area contributed by atoms with Gasteiger partial charge in [-0.3, -0.25) is 0 Å². The molecule has 2 aliphatic rings. The summed E-state index contributed by atoms with van der Waals surface area (Å²) in [6.45, 7) is 6.82. The second kappa shape index (κ2) is 3.64. The van der Waals surface area contributed by atoms with Gasteiger partial charge in [0.25, 0.3) is 0 Å². The summed E-state index contributed by atoms with van der Waals surface area (Å²) in [6, 6.07) is 0. The van der Waals surface area contributed by atoms with Crippen molar-refractivity contribution in [2.75, 3.05) is 12.4 Å². The number of aliphatic hydroxyl groups is 2. The Balaban J connectivity index is 2.00. The molecule has 4 atom stereocenters. The predicted octanol–water partition coefficient (Wildman–Crippen LogP) is 1.90. The molecule has 0 aromatic carbocycles. The molecular formula is C12H22O2S. The topological polar surface area (TPSA) is 40.5 Å². The van der Waals surface area contributed by atoms with Crippen LogP contribution in [0.3, 0.4) is 0 Å². The third-order valence-corrected chi connectivity index (χ3v) is 6.01. The van der Waals surface area contributed by atoms with Crippen molar-refractivity contribution in [1.29, 1.82) is 0 Å². The molecule has 3 heteroatoms. The Kier molecular flexibility index (Phi) is 2.85. The average Bonchev–Trinajstić information content (AvgIpc) is 2.62. The molecule has 2 rings (SSSR count). The van der Waals surface area contributed by atoms with E-state index in [1.807, 2.05) is 6.92 Å². The normalized spacial score (nSPS) is 47.4. The van der Waals surface area contributed by atoms with E-state index in [1.54, 1.807) is 11.8 Å². The molecule has 88 valence electrons. The lowest BCUT2D eigenvalue weighted by molar-refractivity contribution is 0.0244. The van der Waals surface area contributed by atoms with Crippen LogP contribution >= 0.6 is 11.8 Å². The van der Waals surface area contributed by atoms with Gasteiger partial charge in [-0.05, 0) is 37.0 Å². The molecule has 0 aromatic heterocycles. The molecule has 0 bridgehead atoms. The van der Waals surface area contributed by atoms with Gasteiger partial charge in [0, 0.05) is 11.0 Å². The molecule has 15 heavy (non-hydrogen) atoms. The summed E-state index contributed by atoms with van der Waals surface area (Å²) in [7, 11) is 0. The van der Waals surface area contributed by atoms with E-state index in [-0.39, 0.29) is 6.61 Å². The standard InChI is InChI=1S/C12H22O2S/c1-11(2)8-6-10(15-5-4-13)12(3,14)7-9(8)11/h8-10,13-14H,4-7H2,1-3H3/t8-,9+,10-,12-/m0/s1. The van der Waals surface area contributed by atoms with Crippen LogP contribution in [-0.2, 0) is 0 Å². The first-order valence-corrected chi connectivity index (χ1v) is 6.89. The minimum atomic E-state index is -0.533. The molecule has 0 spiro atoms. The molecule has 0 saturated heterocycles. The second-order valence-corrected chi connectivity index (χ2v) is 7.23. The first-order valence-electron chi connectivity index (χ1n) is 5.84. The van der Waals surface area contributed by atoms with Gasteiger partial charge in [-0.2, -0.15) is 11.8 Å². The third-order valence-electron chi connectivity index (χ3n) is 4.49. The summed E-state index contributed by atoms with van der Waals surface area (Å²) in [6.07, 6.45) is 2.06. The third kappa shape index (κ3) is 1.94. The highest BCUT2D eigenvalue weighted by Gasteiger charge is 2.63. The van der Waals surface area contributed by atoms with E-state index in [0.29, 0.717) is 10.7 Å². The Morgan fingerprint density at radius 2 is 1.93 bits per heavy atom. The van der Waals surface area contributed by atoms with Gasteiger partial charge in [0.2, 0.25) is 0 Å². The van der Waals surface area contributed by atoms with E-state index in [0.717, 1.165) is 30.4 Å². The highest BCUT2D eigenvalue weighted by atomic mass is 32.2. The molecule has 2 nitrogen and oxygen atoms in total. The maximum atomic E-state index is 10.4. The molecule has 2 fully saturated rings. The lowest BCUT2D eigenvalue weighted by Gasteiger charge is -2.36. The van der Waals surface area contributed by atoms with Crippen LogP contribution in [0.4, 0.5) is 0 Å². The van der Waals surface area contributed by atoms with Gasteiger partial charge in [-0.1, -0.05) is 13.8 Å². The quantitative estimate of drug-likeness (QED) is 0.778. The Morgan fingerprint density at radius 1 is 1.27 bits per heavy atom. The summed E-state index contributed by atoms with van der Waals surface area (Å²) >= 11 is 1.74. The molecule has 0 unspecified atom stereocenters. The second-order valence-electron chi connectivity index (χ2n) is 5.91. The van der Waals surface area contributed by atoms with E-state index < -0.39 is 5.60 Å². The fourth-order valence-corrected chi connectivity index (χ4v) is 4.42. The molecule has 0 aromatic rings. The summed E-state index contributed by atoms with van der Waals surface area (Å²) in [4.78, 5) is 0. The SMILES string of the molecule is CC1(C)[C@@H]2C[C@](C)(O)[C@@H](SCCO)C[C@@H]21. The van der Waals surface area contributed by atoms with Gasteiger partial charge >= 0.3 is 0 Å². The number of fused-ring (bicyclic) bond motifs is 1. The minimum Gasteiger partial charge on any atom is -0.396 e. The van der Waals surface area contributed by atoms with Crippen molar-refractivity contribution < 1.29 is 10.2 Å². The first kappa shape index (κ1) is 11.7. The lowest BCUT2D eigenvalue weighted by Crippen LogP contribution is -2.41. The average molecular weight is 230 g/mol. The summed E-state index contributed by atoms with van der Waals surface area (Å²) in [5, 5.41) is 19.5. The molecule has 0 radical (unpaired) electrons. The number of hydrogen-bond acceptors (Lipinski definition) is 3. The summed E-state index contributed by atoms with van der Waals surface area (Å²) < 4.78 is 0. The van der Waals surface area contributed by atoms with E-state index in [2.05, 4.69) is 13.8 Å². The van der Waals surface area contributed by atoms with Crippen molar-refractivity contribution >= 4 is 11.8 Å². The molecule has 0 heterocycles. The van der Waals surface area contributed by atoms with Crippen molar-refractivity contribution in [2.24, 2.45) is 17.3 Å². The van der Waals surface area contributed by atoms with Crippen LogP contribution in [0.1, 0.15) is 33.6 Å². The zero-order valence-corrected chi connectivity index (χ0v) is 10.7. The molecule has 2 N–H and O–H groups in total. The first-order chi connectivity index (χ1) is 6.89. The van der Waals surface area contributed by atoms with Crippen LogP contribution in [0.2, 0.25) is 0 Å². The van der Waals surface area contributed by atoms with Crippen LogP contribution in [0.5, 0.6) is 0 Å². The van der Waals surface area contributed by atoms with Gasteiger partial charge in [-0.15, -0.1) is 0 Å². The van der Waals surface area contributed by atoms with Gasteiger partial charge in [-0.25, -0.2) is 0 Å². The predicted molar refractivity (Wildman–Crippen MR) is 64.0 cm³/mol. The summed E-state index contributed by atoms with van der Waals surface area (Å²) in [5.41, 5.74) is -0.0900. The molecule has 2 saturated carbocycles. The van der Waals surface area contributed by atoms with Crippen LogP contribution in [0.25, 0.3) is 0 Å². The number of aliphatic hydroxyl groups excluding tert-OH is 1. The Labute approximate surface area is 96.5 Å². The Hall–Kier alpha value is 0.270. The van der Waals surface area contributed by atoms with Gasteiger partial charge in [0.1, 0.15) is 0 Å². The zero-order chi connectivity index (χ0) is 11.3. The Bertz CT molecular complexity index is 250. The van der Waals surface area contributed by atoms with Gasteiger partial charge in [0.15, 0.2) is 0 Å². The molecule has 0 aliphatic heterocycles. The maximum absolute atomic E-state index is 10.4. The smallest absolute Gasteiger partial charge is 0.0740 e. The maximum Gasteiger partial charge on any atom is 0.0740 e. The van der Waals surface area contributed by atoms with Crippen LogP contribution in [0, 0.1) is 17.3 Å². The highest BCUT2D eigenvalue weighted by Crippen LogP contribution is 2.67. The largest absolute Gasteiger partial charge is 0.396 e. The van der Waals surface area contributed by atoms with E-state index in [9.17, 15) is 5.11 Å². The summed E-state index contributed by atoms with van der Waals surface area (Å²) in [5.74, 6) is 2.27. The van der Waals surface area contributed by atoms with Gasteiger partial charge < -0.3 is 10.2 Å². The molecule has 0 amide bonds. The monoisotopic (exact) mass is 230 g/mol. The van der Waals surface area contributed by atoms with E-state index >= 15 is 0 Å². The van der Waals surface area contributed by atoms with Crippen molar-refractivity contribution in [2.45, 2.75) is 44.5 Å². The van der Waals surface area contributed by atoms with Crippen molar-refractivity contribution in [3.63, 3.8) is 0 Å². The number of rotatable bonds is 3.